The predicted octanol–water partition coefficient (Wildman–Crippen LogP) is 1.19. The highest BCUT2D eigenvalue weighted by Gasteiger charge is 2.44. The summed E-state index contributed by atoms with van der Waals surface area (Å²) in [5.74, 6) is 0.459. The highest BCUT2D eigenvalue weighted by atomic mass is 16.5. The summed E-state index contributed by atoms with van der Waals surface area (Å²) < 4.78 is 7.97. The molecule has 1 aliphatic carbocycles. The fraction of sp³-hybridized carbons (Fsp3) is 0.615. The molecule has 1 aliphatic heterocycles. The van der Waals surface area contributed by atoms with Gasteiger partial charge >= 0.3 is 0 Å². The van der Waals surface area contributed by atoms with Crippen molar-refractivity contribution in [2.45, 2.75) is 44.6 Å². The van der Waals surface area contributed by atoms with Gasteiger partial charge in [0.1, 0.15) is 18.1 Å². The van der Waals surface area contributed by atoms with Crippen LogP contribution >= 0.6 is 0 Å². The molecule has 6 heteroatoms. The Bertz CT molecular complexity index is 626. The smallest absolute Gasteiger partial charge is 0.165 e. The van der Waals surface area contributed by atoms with Crippen LogP contribution in [0.3, 0.4) is 0 Å². The van der Waals surface area contributed by atoms with E-state index in [1.165, 1.54) is 0 Å². The van der Waals surface area contributed by atoms with Crippen molar-refractivity contribution in [2.75, 3.05) is 0 Å². The molecule has 0 aromatic carbocycles. The first-order chi connectivity index (χ1) is 9.24. The minimum atomic E-state index is -0.318. The summed E-state index contributed by atoms with van der Waals surface area (Å²) in [5, 5.41) is 9.90. The van der Waals surface area contributed by atoms with Gasteiger partial charge in [0.25, 0.3) is 0 Å². The van der Waals surface area contributed by atoms with Gasteiger partial charge in [-0.25, -0.2) is 15.0 Å². The summed E-state index contributed by atoms with van der Waals surface area (Å²) in [6, 6.07) is 0. The van der Waals surface area contributed by atoms with E-state index in [0.29, 0.717) is 5.92 Å². The highest BCUT2D eigenvalue weighted by Crippen LogP contribution is 2.43. The lowest BCUT2D eigenvalue weighted by molar-refractivity contribution is -0.0525. The van der Waals surface area contributed by atoms with Gasteiger partial charge in [-0.2, -0.15) is 0 Å². The lowest BCUT2D eigenvalue weighted by Crippen LogP contribution is -2.23. The van der Waals surface area contributed by atoms with Gasteiger partial charge in [0.15, 0.2) is 5.65 Å². The number of imidazole rings is 1. The average Bonchev–Trinajstić information content (AvgIpc) is 3.05. The van der Waals surface area contributed by atoms with Crippen molar-refractivity contribution < 1.29 is 9.84 Å². The van der Waals surface area contributed by atoms with E-state index in [1.54, 1.807) is 12.7 Å². The third-order valence-electron chi connectivity index (χ3n) is 4.35. The van der Waals surface area contributed by atoms with E-state index < -0.39 is 0 Å². The number of aliphatic hydroxyl groups excluding tert-OH is 1. The van der Waals surface area contributed by atoms with Crippen LogP contribution in [0.5, 0.6) is 0 Å². The first-order valence-corrected chi connectivity index (χ1v) is 6.71. The number of aryl methyl sites for hydroxylation is 1. The maximum Gasteiger partial charge on any atom is 0.165 e. The van der Waals surface area contributed by atoms with Crippen molar-refractivity contribution in [3.05, 3.63) is 18.3 Å². The first-order valence-electron chi connectivity index (χ1n) is 6.71. The number of aliphatic hydroxyl groups is 1. The molecule has 0 spiro atoms. The van der Waals surface area contributed by atoms with Crippen LogP contribution in [0.15, 0.2) is 12.7 Å². The summed E-state index contributed by atoms with van der Waals surface area (Å²) in [7, 11) is 0. The zero-order valence-electron chi connectivity index (χ0n) is 10.7. The quantitative estimate of drug-likeness (QED) is 0.834. The van der Waals surface area contributed by atoms with Gasteiger partial charge in [-0.15, -0.1) is 0 Å². The Labute approximate surface area is 110 Å². The van der Waals surface area contributed by atoms with Crippen molar-refractivity contribution in [1.29, 1.82) is 0 Å². The van der Waals surface area contributed by atoms with E-state index in [2.05, 4.69) is 15.0 Å². The summed E-state index contributed by atoms with van der Waals surface area (Å²) in [6.45, 7) is 1.93. The summed E-state index contributed by atoms with van der Waals surface area (Å²) in [4.78, 5) is 12.8. The largest absolute Gasteiger partial charge is 0.390 e. The van der Waals surface area contributed by atoms with Gasteiger partial charge in [-0.1, -0.05) is 0 Å². The Morgan fingerprint density at radius 2 is 2.21 bits per heavy atom. The minimum Gasteiger partial charge on any atom is -0.390 e. The maximum absolute atomic E-state index is 9.90. The lowest BCUT2D eigenvalue weighted by atomic mass is 10.0. The lowest BCUT2D eigenvalue weighted by Gasteiger charge is -2.16. The third kappa shape index (κ3) is 1.60. The van der Waals surface area contributed by atoms with Gasteiger partial charge in [0, 0.05) is 0 Å². The van der Waals surface area contributed by atoms with Gasteiger partial charge in [0.2, 0.25) is 0 Å². The van der Waals surface area contributed by atoms with Gasteiger partial charge < -0.3 is 9.84 Å². The molecule has 19 heavy (non-hydrogen) atoms. The average molecular weight is 260 g/mol. The van der Waals surface area contributed by atoms with Crippen molar-refractivity contribution >= 4 is 11.2 Å². The molecule has 2 aliphatic rings. The van der Waals surface area contributed by atoms with Crippen molar-refractivity contribution in [2.24, 2.45) is 5.92 Å². The van der Waals surface area contributed by atoms with Gasteiger partial charge in [-0.3, -0.25) is 4.57 Å². The van der Waals surface area contributed by atoms with Crippen LogP contribution < -0.4 is 0 Å². The maximum atomic E-state index is 9.90. The Hall–Kier alpha value is -1.53. The monoisotopic (exact) mass is 260 g/mol. The summed E-state index contributed by atoms with van der Waals surface area (Å²) in [5.41, 5.74) is 2.51. The zero-order valence-corrected chi connectivity index (χ0v) is 10.7. The molecule has 2 aromatic heterocycles. The normalized spacial score (nSPS) is 34.0. The molecular formula is C13H16N4O2. The Morgan fingerprint density at radius 1 is 1.32 bits per heavy atom. The minimum absolute atomic E-state index is 0.0228. The van der Waals surface area contributed by atoms with Crippen LogP contribution in [0.2, 0.25) is 0 Å². The molecule has 100 valence electrons. The Kier molecular flexibility index (Phi) is 2.37. The highest BCUT2D eigenvalue weighted by molar-refractivity contribution is 5.72. The standard InChI is InChI=1S/C13H16N4O2/c1-7-11-13(15-5-14-7)17(6-16-11)10-4-8-2-3-9(18)12(8)19-10/h5-6,8-10,12,18H,2-4H2,1H3/t8-,9-,10+,12+/m1/s1. The second-order valence-electron chi connectivity index (χ2n) is 5.48. The number of hydrogen-bond donors (Lipinski definition) is 1. The SMILES string of the molecule is Cc1ncnc2c1ncn2[C@@H]1C[C@H]2CC[C@@H](O)[C@H]2O1. The molecule has 3 heterocycles. The number of fused-ring (bicyclic) bond motifs is 2. The van der Waals surface area contributed by atoms with Gasteiger partial charge in [0.05, 0.1) is 24.2 Å². The Morgan fingerprint density at radius 3 is 3.05 bits per heavy atom. The van der Waals surface area contributed by atoms with E-state index in [4.69, 9.17) is 4.74 Å². The topological polar surface area (TPSA) is 73.1 Å². The van der Waals surface area contributed by atoms with Crippen molar-refractivity contribution in [3.8, 4) is 0 Å². The second-order valence-corrected chi connectivity index (χ2v) is 5.48. The molecule has 0 unspecified atom stereocenters. The fourth-order valence-electron chi connectivity index (χ4n) is 3.34. The third-order valence-corrected chi connectivity index (χ3v) is 4.35. The Balaban J connectivity index is 1.71. The van der Waals surface area contributed by atoms with E-state index in [1.807, 2.05) is 11.5 Å². The summed E-state index contributed by atoms with van der Waals surface area (Å²) in [6.07, 6.45) is 5.74. The molecule has 1 N–H and O–H groups in total. The molecule has 4 atom stereocenters. The molecule has 0 bridgehead atoms. The molecule has 2 aromatic rings. The second kappa shape index (κ2) is 3.98. The summed E-state index contributed by atoms with van der Waals surface area (Å²) >= 11 is 0. The van der Waals surface area contributed by atoms with Crippen molar-refractivity contribution in [1.82, 2.24) is 19.5 Å². The van der Waals surface area contributed by atoms with Crippen LogP contribution in [0.1, 0.15) is 31.2 Å². The fourth-order valence-corrected chi connectivity index (χ4v) is 3.34. The predicted molar refractivity (Wildman–Crippen MR) is 67.3 cm³/mol. The van der Waals surface area contributed by atoms with Crippen LogP contribution in [0.4, 0.5) is 0 Å². The zero-order chi connectivity index (χ0) is 13.0. The number of rotatable bonds is 1. The molecule has 4 rings (SSSR count). The van der Waals surface area contributed by atoms with Crippen LogP contribution in [-0.2, 0) is 4.74 Å². The van der Waals surface area contributed by atoms with E-state index >= 15 is 0 Å². The molecule has 2 fully saturated rings. The van der Waals surface area contributed by atoms with E-state index in [0.717, 1.165) is 36.1 Å². The molecule has 1 saturated heterocycles. The van der Waals surface area contributed by atoms with Crippen molar-refractivity contribution in [3.63, 3.8) is 0 Å². The first kappa shape index (κ1) is 11.3. The molecule has 6 nitrogen and oxygen atoms in total. The van der Waals surface area contributed by atoms with E-state index in [9.17, 15) is 5.11 Å². The molecule has 0 radical (unpaired) electrons. The number of hydrogen-bond acceptors (Lipinski definition) is 5. The number of ether oxygens (including phenoxy) is 1. The van der Waals surface area contributed by atoms with Crippen LogP contribution in [-0.4, -0.2) is 36.8 Å². The molecule has 0 amide bonds. The van der Waals surface area contributed by atoms with Crippen LogP contribution in [0, 0.1) is 12.8 Å². The molecular weight excluding hydrogens is 244 g/mol. The van der Waals surface area contributed by atoms with Gasteiger partial charge in [-0.05, 0) is 32.1 Å². The number of aromatic nitrogens is 4. The number of nitrogens with zero attached hydrogens (tertiary/aromatic N) is 4. The molecule has 1 saturated carbocycles. The van der Waals surface area contributed by atoms with E-state index in [-0.39, 0.29) is 18.4 Å². The van der Waals surface area contributed by atoms with Crippen LogP contribution in [0.25, 0.3) is 11.2 Å².